The van der Waals surface area contributed by atoms with Crippen molar-refractivity contribution < 1.29 is 19.4 Å². The Bertz CT molecular complexity index is 405. The number of carbonyl (C=O) groups is 2. The minimum atomic E-state index is -0.964. The number of aliphatic carboxylic acids is 1. The van der Waals surface area contributed by atoms with E-state index >= 15 is 0 Å². The maximum atomic E-state index is 11.6. The van der Waals surface area contributed by atoms with Gasteiger partial charge in [0.15, 0.2) is 0 Å². The molecule has 1 aromatic rings. The summed E-state index contributed by atoms with van der Waals surface area (Å²) in [4.78, 5) is 24.9. The van der Waals surface area contributed by atoms with Crippen molar-refractivity contribution in [3.05, 3.63) is 22.4 Å². The second kappa shape index (κ2) is 6.41. The van der Waals surface area contributed by atoms with Gasteiger partial charge in [0.05, 0.1) is 12.5 Å². The van der Waals surface area contributed by atoms with E-state index in [0.717, 1.165) is 4.47 Å². The Balaban J connectivity index is 2.44. The summed E-state index contributed by atoms with van der Waals surface area (Å²) in [5.41, 5.74) is 0.405. The third-order valence-corrected chi connectivity index (χ3v) is 2.58. The van der Waals surface area contributed by atoms with Gasteiger partial charge in [-0.25, -0.2) is 0 Å². The number of rotatable bonds is 6. The van der Waals surface area contributed by atoms with E-state index in [0.29, 0.717) is 5.69 Å². The minimum Gasteiger partial charge on any atom is -0.481 e. The maximum absolute atomic E-state index is 11.6. The molecule has 94 valence electrons. The first kappa shape index (κ1) is 13.7. The summed E-state index contributed by atoms with van der Waals surface area (Å²) in [5.74, 6) is -1.27. The van der Waals surface area contributed by atoms with Gasteiger partial charge in [-0.1, -0.05) is 0 Å². The van der Waals surface area contributed by atoms with Crippen molar-refractivity contribution in [2.75, 3.05) is 13.7 Å². The maximum Gasteiger partial charge on any atom is 0.306 e. The number of ether oxygens (including phenoxy) is 1. The van der Waals surface area contributed by atoms with Crippen LogP contribution in [0.15, 0.2) is 16.7 Å². The van der Waals surface area contributed by atoms with Crippen molar-refractivity contribution in [1.29, 1.82) is 0 Å². The van der Waals surface area contributed by atoms with Gasteiger partial charge in [-0.3, -0.25) is 9.59 Å². The Labute approximate surface area is 106 Å². The van der Waals surface area contributed by atoms with Gasteiger partial charge in [0.1, 0.15) is 5.69 Å². The number of aromatic nitrogens is 1. The Hall–Kier alpha value is -1.34. The van der Waals surface area contributed by atoms with Crippen LogP contribution in [0, 0.1) is 0 Å². The van der Waals surface area contributed by atoms with Crippen LogP contribution in [0.3, 0.4) is 0 Å². The molecule has 0 saturated heterocycles. The largest absolute Gasteiger partial charge is 0.481 e. The molecule has 0 aliphatic heterocycles. The van der Waals surface area contributed by atoms with Crippen LogP contribution in [0.25, 0.3) is 0 Å². The first-order chi connectivity index (χ1) is 8.02. The predicted molar refractivity (Wildman–Crippen MR) is 63.9 cm³/mol. The monoisotopic (exact) mass is 304 g/mol. The Morgan fingerprint density at radius 3 is 2.82 bits per heavy atom. The fraction of sp³-hybridized carbons (Fsp3) is 0.400. The number of methoxy groups -OCH3 is 1. The third-order valence-electron chi connectivity index (χ3n) is 2.12. The first-order valence-electron chi connectivity index (χ1n) is 4.89. The summed E-state index contributed by atoms with van der Waals surface area (Å²) in [6, 6.07) is 1.63. The lowest BCUT2D eigenvalue weighted by Gasteiger charge is -2.13. The van der Waals surface area contributed by atoms with Gasteiger partial charge in [-0.2, -0.15) is 0 Å². The zero-order valence-corrected chi connectivity index (χ0v) is 10.8. The fourth-order valence-corrected chi connectivity index (χ4v) is 1.58. The highest BCUT2D eigenvalue weighted by Crippen LogP contribution is 2.10. The quantitative estimate of drug-likeness (QED) is 0.731. The SMILES string of the molecule is COC(CNC(=O)c1cc(Br)c[nH]1)CC(=O)O. The lowest BCUT2D eigenvalue weighted by Crippen LogP contribution is -2.34. The van der Waals surface area contributed by atoms with E-state index in [9.17, 15) is 9.59 Å². The molecule has 0 aliphatic carbocycles. The van der Waals surface area contributed by atoms with Crippen LogP contribution in [0.5, 0.6) is 0 Å². The Kier molecular flexibility index (Phi) is 5.17. The number of hydrogen-bond donors (Lipinski definition) is 3. The van der Waals surface area contributed by atoms with Crippen molar-refractivity contribution in [2.24, 2.45) is 0 Å². The van der Waals surface area contributed by atoms with Gasteiger partial charge in [0.2, 0.25) is 0 Å². The average molecular weight is 305 g/mol. The van der Waals surface area contributed by atoms with Crippen LogP contribution in [-0.2, 0) is 9.53 Å². The summed E-state index contributed by atoms with van der Waals surface area (Å²) in [6.45, 7) is 0.151. The molecule has 0 fully saturated rings. The molecule has 0 spiro atoms. The van der Waals surface area contributed by atoms with E-state index in [-0.39, 0.29) is 18.9 Å². The Morgan fingerprint density at radius 2 is 2.35 bits per heavy atom. The van der Waals surface area contributed by atoms with E-state index < -0.39 is 12.1 Å². The molecule has 6 nitrogen and oxygen atoms in total. The second-order valence-electron chi connectivity index (χ2n) is 3.40. The molecule has 1 atom stereocenters. The van der Waals surface area contributed by atoms with Gasteiger partial charge in [0.25, 0.3) is 5.91 Å². The highest BCUT2D eigenvalue weighted by Gasteiger charge is 2.14. The normalized spacial score (nSPS) is 12.1. The van der Waals surface area contributed by atoms with Crippen molar-refractivity contribution in [1.82, 2.24) is 10.3 Å². The molecular formula is C10H13BrN2O4. The van der Waals surface area contributed by atoms with E-state index in [1.165, 1.54) is 7.11 Å². The lowest BCUT2D eigenvalue weighted by molar-refractivity contribution is -0.139. The number of carbonyl (C=O) groups excluding carboxylic acids is 1. The van der Waals surface area contributed by atoms with Gasteiger partial charge in [-0.05, 0) is 22.0 Å². The van der Waals surface area contributed by atoms with E-state index in [2.05, 4.69) is 26.2 Å². The number of carboxylic acids is 1. The third kappa shape index (κ3) is 4.58. The van der Waals surface area contributed by atoms with E-state index in [1.807, 2.05) is 0 Å². The van der Waals surface area contributed by atoms with Crippen LogP contribution in [0.4, 0.5) is 0 Å². The number of amides is 1. The summed E-state index contributed by atoms with van der Waals surface area (Å²) < 4.78 is 5.71. The van der Waals surface area contributed by atoms with Gasteiger partial charge < -0.3 is 20.1 Å². The van der Waals surface area contributed by atoms with Gasteiger partial charge >= 0.3 is 5.97 Å². The molecule has 17 heavy (non-hydrogen) atoms. The van der Waals surface area contributed by atoms with Crippen LogP contribution >= 0.6 is 15.9 Å². The first-order valence-corrected chi connectivity index (χ1v) is 5.69. The van der Waals surface area contributed by atoms with Crippen LogP contribution < -0.4 is 5.32 Å². The molecule has 0 aliphatic rings. The molecule has 1 rings (SSSR count). The average Bonchev–Trinajstić information content (AvgIpc) is 2.70. The molecule has 3 N–H and O–H groups in total. The summed E-state index contributed by atoms with van der Waals surface area (Å²) in [6.07, 6.45) is 0.959. The molecule has 1 amide bonds. The molecule has 1 unspecified atom stereocenters. The topological polar surface area (TPSA) is 91.4 Å². The number of halogens is 1. The van der Waals surface area contributed by atoms with Crippen LogP contribution in [-0.4, -0.2) is 41.7 Å². The van der Waals surface area contributed by atoms with Gasteiger partial charge in [-0.15, -0.1) is 0 Å². The molecule has 7 heteroatoms. The number of carboxylic acid groups (broad SMARTS) is 1. The molecule has 1 heterocycles. The highest BCUT2D eigenvalue weighted by molar-refractivity contribution is 9.10. The van der Waals surface area contributed by atoms with Crippen molar-refractivity contribution in [3.63, 3.8) is 0 Å². The van der Waals surface area contributed by atoms with Crippen molar-refractivity contribution in [2.45, 2.75) is 12.5 Å². The predicted octanol–water partition coefficient (Wildman–Crippen LogP) is 0.997. The van der Waals surface area contributed by atoms with Crippen LogP contribution in [0.2, 0.25) is 0 Å². The lowest BCUT2D eigenvalue weighted by atomic mass is 10.2. The van der Waals surface area contributed by atoms with Gasteiger partial charge in [0, 0.05) is 24.3 Å². The zero-order chi connectivity index (χ0) is 12.8. The zero-order valence-electron chi connectivity index (χ0n) is 9.20. The molecule has 0 aromatic carbocycles. The molecule has 0 radical (unpaired) electrons. The van der Waals surface area contributed by atoms with E-state index in [4.69, 9.17) is 9.84 Å². The van der Waals surface area contributed by atoms with Crippen molar-refractivity contribution in [3.8, 4) is 0 Å². The number of nitrogens with one attached hydrogen (secondary N) is 2. The second-order valence-corrected chi connectivity index (χ2v) is 4.31. The number of H-pyrrole nitrogens is 1. The summed E-state index contributed by atoms with van der Waals surface area (Å²) in [7, 11) is 1.41. The summed E-state index contributed by atoms with van der Waals surface area (Å²) in [5, 5.41) is 11.2. The molecule has 1 aromatic heterocycles. The Morgan fingerprint density at radius 1 is 1.65 bits per heavy atom. The number of aromatic amines is 1. The number of hydrogen-bond acceptors (Lipinski definition) is 3. The molecule has 0 bridgehead atoms. The smallest absolute Gasteiger partial charge is 0.306 e. The summed E-state index contributed by atoms with van der Waals surface area (Å²) >= 11 is 3.21. The molecule has 0 saturated carbocycles. The fourth-order valence-electron chi connectivity index (χ4n) is 1.23. The van der Waals surface area contributed by atoms with Crippen LogP contribution in [0.1, 0.15) is 16.9 Å². The minimum absolute atomic E-state index is 0.148. The standard InChI is InChI=1S/C10H13BrN2O4/c1-17-7(3-9(14)15)5-13-10(16)8-2-6(11)4-12-8/h2,4,7,12H,3,5H2,1H3,(H,13,16)(H,14,15). The highest BCUT2D eigenvalue weighted by atomic mass is 79.9. The molecular weight excluding hydrogens is 292 g/mol. The van der Waals surface area contributed by atoms with E-state index in [1.54, 1.807) is 12.3 Å². The van der Waals surface area contributed by atoms with Crippen molar-refractivity contribution >= 4 is 27.8 Å².